The van der Waals surface area contributed by atoms with E-state index in [1.54, 1.807) is 0 Å². The van der Waals surface area contributed by atoms with Gasteiger partial charge in [0.2, 0.25) is 0 Å². The van der Waals surface area contributed by atoms with Crippen molar-refractivity contribution >= 4 is 22.2 Å². The second kappa shape index (κ2) is 2.43. The van der Waals surface area contributed by atoms with Gasteiger partial charge in [-0.2, -0.15) is 8.42 Å². The van der Waals surface area contributed by atoms with Crippen molar-refractivity contribution in [2.45, 2.75) is 0 Å². The fourth-order valence-electron chi connectivity index (χ4n) is 0.0398. The summed E-state index contributed by atoms with van der Waals surface area (Å²) in [6.45, 7) is 0. The van der Waals surface area contributed by atoms with Crippen LogP contribution >= 0.6 is 11.8 Å². The van der Waals surface area contributed by atoms with E-state index in [1.807, 2.05) is 0 Å². The summed E-state index contributed by atoms with van der Waals surface area (Å²) in [4.78, 5) is 1.24. The van der Waals surface area contributed by atoms with Gasteiger partial charge in [-0.3, -0.25) is 4.55 Å². The van der Waals surface area contributed by atoms with E-state index < -0.39 is 10.4 Å². The summed E-state index contributed by atoms with van der Waals surface area (Å²) in [5, 5.41) is 0. The highest BCUT2D eigenvalue weighted by Gasteiger charge is 1.99. The van der Waals surface area contributed by atoms with E-state index in [2.05, 4.69) is 16.1 Å². The average molecular weight is 148 g/mol. The first-order valence-corrected chi connectivity index (χ1v) is 2.82. The van der Waals surface area contributed by atoms with E-state index in [1.165, 1.54) is 5.00 Å². The van der Waals surface area contributed by atoms with Gasteiger partial charge in [-0.1, -0.05) is 5.00 Å². The van der Waals surface area contributed by atoms with Crippen LogP contribution in [0.3, 0.4) is 0 Å². The monoisotopic (exact) mass is 147 g/mol. The Morgan fingerprint density at radius 2 is 2.14 bits per heavy atom. The summed E-state index contributed by atoms with van der Waals surface area (Å²) < 4.78 is 29.7. The first-order valence-electron chi connectivity index (χ1n) is 1.08. The summed E-state index contributed by atoms with van der Waals surface area (Å²) >= 11 is 4.47. The fraction of sp³-hybridized carbons (Fsp3) is 0. The maximum atomic E-state index is 9.42. The lowest BCUT2D eigenvalue weighted by molar-refractivity contribution is 0.238. The van der Waals surface area contributed by atoms with Crippen molar-refractivity contribution in [3.05, 3.63) is 0 Å². The maximum absolute atomic E-state index is 9.42. The van der Waals surface area contributed by atoms with E-state index in [-0.39, 0.29) is 0 Å². The first kappa shape index (κ1) is 7.12. The number of halogens is 1. The summed E-state index contributed by atoms with van der Waals surface area (Å²) in [6.07, 6.45) is 0. The van der Waals surface area contributed by atoms with Crippen molar-refractivity contribution < 1.29 is 17.3 Å². The fourth-order valence-corrected chi connectivity index (χ4v) is 0.358. The molecule has 0 saturated carbocycles. The van der Waals surface area contributed by atoms with Gasteiger partial charge >= 0.3 is 10.4 Å². The van der Waals surface area contributed by atoms with Crippen LogP contribution in [0, 0.1) is 0 Å². The van der Waals surface area contributed by atoms with Gasteiger partial charge in [0.1, 0.15) is 0 Å². The van der Waals surface area contributed by atoms with Gasteiger partial charge in [0, 0.05) is 11.8 Å². The molecular weight excluding hydrogens is 146 g/mol. The van der Waals surface area contributed by atoms with Gasteiger partial charge in [-0.15, -0.1) is 4.28 Å². The lowest BCUT2D eigenvalue weighted by Gasteiger charge is -1.87. The number of rotatable bonds is 2. The van der Waals surface area contributed by atoms with Crippen LogP contribution in [-0.2, 0) is 14.7 Å². The van der Waals surface area contributed by atoms with Crippen LogP contribution in [0.15, 0.2) is 0 Å². The molecule has 44 valence electrons. The summed E-state index contributed by atoms with van der Waals surface area (Å²) in [5.74, 6) is 0. The molecule has 0 aliphatic carbocycles. The van der Waals surface area contributed by atoms with Gasteiger partial charge in [0.25, 0.3) is 0 Å². The molecule has 0 bridgehead atoms. The quantitative estimate of drug-likeness (QED) is 0.312. The summed E-state index contributed by atoms with van der Waals surface area (Å²) in [5.41, 5.74) is 0. The Morgan fingerprint density at radius 3 is 2.14 bits per heavy atom. The van der Waals surface area contributed by atoms with Crippen LogP contribution in [0.1, 0.15) is 0 Å². The molecule has 0 fully saturated rings. The minimum atomic E-state index is -4.42. The van der Waals surface area contributed by atoms with Gasteiger partial charge in [-0.05, 0) is 0 Å². The summed E-state index contributed by atoms with van der Waals surface area (Å²) in [6, 6.07) is 0. The average Bonchev–Trinajstić information content (AvgIpc) is 1.30. The van der Waals surface area contributed by atoms with Gasteiger partial charge in [0.15, 0.2) is 0 Å². The Balaban J connectivity index is 3.60. The van der Waals surface area contributed by atoms with Crippen LogP contribution in [0.4, 0.5) is 0 Å². The Kier molecular flexibility index (Phi) is 2.47. The predicted molar refractivity (Wildman–Crippen MR) is 21.6 cm³/mol. The Bertz CT molecular complexity index is 125. The molecule has 0 atom stereocenters. The van der Waals surface area contributed by atoms with Crippen LogP contribution in [-0.4, -0.2) is 13.0 Å². The van der Waals surface area contributed by atoms with Crippen LogP contribution in [0.5, 0.6) is 0 Å². The zero-order chi connectivity index (χ0) is 5.91. The lowest BCUT2D eigenvalue weighted by Crippen LogP contribution is -2.09. The zero-order valence-electron chi connectivity index (χ0n) is 2.96. The molecule has 0 aromatic rings. The maximum Gasteiger partial charge on any atom is 0.414 e. The highest BCUT2D eigenvalue weighted by molar-refractivity contribution is 7.80. The Hall–Kier alpha value is 0.120. The molecule has 0 saturated heterocycles. The molecule has 7 heteroatoms. The summed E-state index contributed by atoms with van der Waals surface area (Å²) in [7, 11) is -4.42. The molecule has 0 unspecified atom stereocenters. The molecule has 0 radical (unpaired) electrons. The minimum Gasteiger partial charge on any atom is -0.262 e. The number of nitrogens with one attached hydrogen (secondary N) is 1. The van der Waals surface area contributed by atoms with E-state index in [0.717, 1.165) is 0 Å². The molecule has 0 aromatic heterocycles. The molecule has 2 N–H and O–H groups in total. The van der Waals surface area contributed by atoms with Crippen LogP contribution in [0.2, 0.25) is 0 Å². The third-order valence-corrected chi connectivity index (χ3v) is 0.599. The third kappa shape index (κ3) is 6.12. The van der Waals surface area contributed by atoms with Crippen LogP contribution < -0.4 is 5.00 Å². The van der Waals surface area contributed by atoms with Crippen molar-refractivity contribution in [2.75, 3.05) is 0 Å². The normalized spacial score (nSPS) is 11.7. The van der Waals surface area contributed by atoms with Crippen molar-refractivity contribution in [3.63, 3.8) is 0 Å². The van der Waals surface area contributed by atoms with E-state index in [4.69, 9.17) is 4.55 Å². The smallest absolute Gasteiger partial charge is 0.262 e. The van der Waals surface area contributed by atoms with Crippen LogP contribution in [0.25, 0.3) is 0 Å². The third-order valence-electron chi connectivity index (χ3n) is 0.137. The molecule has 0 heterocycles. The zero-order valence-corrected chi connectivity index (χ0v) is 4.53. The highest BCUT2D eigenvalue weighted by atomic mass is 35.5. The van der Waals surface area contributed by atoms with Gasteiger partial charge < -0.3 is 0 Å². The van der Waals surface area contributed by atoms with Gasteiger partial charge in [-0.25, -0.2) is 0 Å². The molecule has 0 aliphatic heterocycles. The molecule has 0 aliphatic rings. The Morgan fingerprint density at radius 1 is 1.71 bits per heavy atom. The first-order chi connectivity index (χ1) is 3.06. The molecule has 7 heavy (non-hydrogen) atoms. The molecule has 0 amide bonds. The molecule has 5 nitrogen and oxygen atoms in total. The largest absolute Gasteiger partial charge is 0.414 e. The molecule has 0 spiro atoms. The molecule has 0 rings (SSSR count). The van der Waals surface area contributed by atoms with Gasteiger partial charge in [0.05, 0.1) is 0 Å². The minimum absolute atomic E-state index is 1.24. The van der Waals surface area contributed by atoms with E-state index in [9.17, 15) is 8.42 Å². The SMILES string of the molecule is O=S(=O)(O)ONCl. The second-order valence-corrected chi connectivity index (χ2v) is 1.76. The van der Waals surface area contributed by atoms with Crippen molar-refractivity contribution in [2.24, 2.45) is 0 Å². The predicted octanol–water partition coefficient (Wildman–Crippen LogP) is -0.536. The number of hydrogen-bond acceptors (Lipinski definition) is 4. The highest BCUT2D eigenvalue weighted by Crippen LogP contribution is 1.78. The lowest BCUT2D eigenvalue weighted by atomic mass is 13.5. The number of hydrogen-bond donors (Lipinski definition) is 2. The van der Waals surface area contributed by atoms with Crippen molar-refractivity contribution in [1.29, 1.82) is 0 Å². The van der Waals surface area contributed by atoms with E-state index in [0.29, 0.717) is 0 Å². The standard InChI is InChI=1S/ClH2NO4S/c1-2-6-7(3,4)5/h2H,(H,3,4,5). The van der Waals surface area contributed by atoms with Crippen molar-refractivity contribution in [3.8, 4) is 0 Å². The van der Waals surface area contributed by atoms with Crippen molar-refractivity contribution in [1.82, 2.24) is 5.00 Å². The van der Waals surface area contributed by atoms with E-state index >= 15 is 0 Å². The Labute approximate surface area is 45.2 Å². The molecule has 0 aromatic carbocycles. The topological polar surface area (TPSA) is 75.6 Å². The molecular formula is H2ClNO4S. The second-order valence-electron chi connectivity index (χ2n) is 0.588.